The van der Waals surface area contributed by atoms with Gasteiger partial charge in [-0.1, -0.05) is 48.5 Å². The molecular formula is C19H17N3O. The number of aromatic nitrogens is 2. The average molecular weight is 303 g/mol. The van der Waals surface area contributed by atoms with E-state index in [1.54, 1.807) is 17.1 Å². The minimum absolute atomic E-state index is 0.0492. The van der Waals surface area contributed by atoms with Crippen LogP contribution in [0.25, 0.3) is 11.3 Å². The molecule has 0 radical (unpaired) electrons. The monoisotopic (exact) mass is 303 g/mol. The van der Waals surface area contributed by atoms with Crippen molar-refractivity contribution in [3.05, 3.63) is 72.7 Å². The zero-order valence-electron chi connectivity index (χ0n) is 12.7. The zero-order valence-corrected chi connectivity index (χ0v) is 12.7. The van der Waals surface area contributed by atoms with Crippen LogP contribution < -0.4 is 4.90 Å². The number of amides is 1. The molecule has 0 atom stereocenters. The minimum Gasteiger partial charge on any atom is -0.293 e. The van der Waals surface area contributed by atoms with Crippen molar-refractivity contribution in [3.63, 3.8) is 0 Å². The molecule has 0 N–H and O–H groups in total. The van der Waals surface area contributed by atoms with E-state index in [9.17, 15) is 4.79 Å². The summed E-state index contributed by atoms with van der Waals surface area (Å²) < 4.78 is 1.57. The first-order valence-electron chi connectivity index (χ1n) is 7.82. The lowest BCUT2D eigenvalue weighted by Crippen LogP contribution is -2.38. The second-order valence-corrected chi connectivity index (χ2v) is 5.70. The molecule has 0 unspecified atom stereocenters. The van der Waals surface area contributed by atoms with Crippen LogP contribution >= 0.6 is 0 Å². The molecule has 2 heterocycles. The van der Waals surface area contributed by atoms with Gasteiger partial charge in [0.05, 0.1) is 5.69 Å². The summed E-state index contributed by atoms with van der Waals surface area (Å²) in [6, 6.07) is 18.0. The first-order chi connectivity index (χ1) is 11.3. The van der Waals surface area contributed by atoms with Gasteiger partial charge in [0.1, 0.15) is 6.33 Å². The van der Waals surface area contributed by atoms with Crippen LogP contribution in [0.3, 0.4) is 0 Å². The summed E-state index contributed by atoms with van der Waals surface area (Å²) in [4.78, 5) is 19.1. The fourth-order valence-corrected chi connectivity index (χ4v) is 3.06. The lowest BCUT2D eigenvalue weighted by atomic mass is 10.0. The van der Waals surface area contributed by atoms with Crippen molar-refractivity contribution >= 4 is 11.7 Å². The van der Waals surface area contributed by atoms with E-state index in [1.165, 1.54) is 5.56 Å². The molecule has 1 amide bonds. The number of benzene rings is 2. The van der Waals surface area contributed by atoms with Crippen molar-refractivity contribution in [3.8, 4) is 11.3 Å². The third-order valence-electron chi connectivity index (χ3n) is 4.21. The Morgan fingerprint density at radius 2 is 1.78 bits per heavy atom. The van der Waals surface area contributed by atoms with Gasteiger partial charge in [-0.3, -0.25) is 9.47 Å². The predicted molar refractivity (Wildman–Crippen MR) is 90.6 cm³/mol. The van der Waals surface area contributed by atoms with E-state index in [1.807, 2.05) is 53.4 Å². The van der Waals surface area contributed by atoms with E-state index in [-0.39, 0.29) is 6.03 Å². The van der Waals surface area contributed by atoms with Gasteiger partial charge in [0, 0.05) is 24.0 Å². The largest absolute Gasteiger partial charge is 0.333 e. The maximum Gasteiger partial charge on any atom is 0.333 e. The lowest BCUT2D eigenvalue weighted by molar-refractivity contribution is 0.247. The third-order valence-corrected chi connectivity index (χ3v) is 4.21. The van der Waals surface area contributed by atoms with Crippen molar-refractivity contribution in [2.24, 2.45) is 0 Å². The van der Waals surface area contributed by atoms with Crippen LogP contribution in [0.15, 0.2) is 67.1 Å². The Kier molecular flexibility index (Phi) is 3.42. The van der Waals surface area contributed by atoms with E-state index in [4.69, 9.17) is 0 Å². The number of hydrogen-bond acceptors (Lipinski definition) is 2. The SMILES string of the molecule is O=C(N1CCCc2ccccc21)n1cnc(-c2ccccc2)c1. The van der Waals surface area contributed by atoms with Crippen LogP contribution in [0.4, 0.5) is 10.5 Å². The molecule has 0 aliphatic carbocycles. The first-order valence-corrected chi connectivity index (χ1v) is 7.82. The predicted octanol–water partition coefficient (Wildman–Crippen LogP) is 3.97. The summed E-state index contributed by atoms with van der Waals surface area (Å²) in [5, 5.41) is 0. The van der Waals surface area contributed by atoms with Gasteiger partial charge in [0.2, 0.25) is 0 Å². The Hall–Kier alpha value is -2.88. The number of aryl methyl sites for hydroxylation is 1. The number of hydrogen-bond donors (Lipinski definition) is 0. The molecule has 4 heteroatoms. The Morgan fingerprint density at radius 3 is 2.65 bits per heavy atom. The van der Waals surface area contributed by atoms with Gasteiger partial charge >= 0.3 is 6.03 Å². The van der Waals surface area contributed by atoms with Crippen LogP contribution in [0.5, 0.6) is 0 Å². The highest BCUT2D eigenvalue weighted by atomic mass is 16.2. The van der Waals surface area contributed by atoms with Gasteiger partial charge in [-0.2, -0.15) is 0 Å². The topological polar surface area (TPSA) is 38.1 Å². The molecular weight excluding hydrogens is 286 g/mol. The number of carbonyl (C=O) groups is 1. The molecule has 1 aliphatic heterocycles. The summed E-state index contributed by atoms with van der Waals surface area (Å²) in [5.74, 6) is 0. The summed E-state index contributed by atoms with van der Waals surface area (Å²) in [7, 11) is 0. The molecule has 0 spiro atoms. The highest BCUT2D eigenvalue weighted by molar-refractivity contribution is 5.95. The molecule has 1 aromatic heterocycles. The van der Waals surface area contributed by atoms with Crippen molar-refractivity contribution in [2.45, 2.75) is 12.8 Å². The first kappa shape index (κ1) is 13.8. The van der Waals surface area contributed by atoms with Crippen LogP contribution in [0.2, 0.25) is 0 Å². The number of nitrogens with zero attached hydrogens (tertiary/aromatic N) is 3. The van der Waals surface area contributed by atoms with Crippen molar-refractivity contribution < 1.29 is 4.79 Å². The van der Waals surface area contributed by atoms with E-state index in [0.717, 1.165) is 36.3 Å². The van der Waals surface area contributed by atoms with Crippen LogP contribution in [0.1, 0.15) is 12.0 Å². The van der Waals surface area contributed by atoms with Crippen LogP contribution in [0, 0.1) is 0 Å². The van der Waals surface area contributed by atoms with Crippen LogP contribution in [-0.4, -0.2) is 22.1 Å². The number of para-hydroxylation sites is 1. The summed E-state index contributed by atoms with van der Waals surface area (Å²) >= 11 is 0. The highest BCUT2D eigenvalue weighted by Gasteiger charge is 2.23. The molecule has 0 saturated heterocycles. The lowest BCUT2D eigenvalue weighted by Gasteiger charge is -2.29. The molecule has 0 saturated carbocycles. The van der Waals surface area contributed by atoms with E-state index in [0.29, 0.717) is 0 Å². The molecule has 4 rings (SSSR count). The molecule has 114 valence electrons. The zero-order chi connectivity index (χ0) is 15.6. The van der Waals surface area contributed by atoms with Crippen molar-refractivity contribution in [1.82, 2.24) is 9.55 Å². The average Bonchev–Trinajstić information content (AvgIpc) is 3.11. The number of carbonyl (C=O) groups excluding carboxylic acids is 1. The Labute approximate surface area is 135 Å². The van der Waals surface area contributed by atoms with Gasteiger partial charge in [-0.25, -0.2) is 9.78 Å². The van der Waals surface area contributed by atoms with E-state index >= 15 is 0 Å². The Balaban J connectivity index is 1.65. The van der Waals surface area contributed by atoms with Gasteiger partial charge in [0.15, 0.2) is 0 Å². The molecule has 2 aromatic carbocycles. The molecule has 4 nitrogen and oxygen atoms in total. The second kappa shape index (κ2) is 5.72. The molecule has 23 heavy (non-hydrogen) atoms. The maximum absolute atomic E-state index is 12.9. The highest BCUT2D eigenvalue weighted by Crippen LogP contribution is 2.27. The Bertz CT molecular complexity index is 839. The Morgan fingerprint density at radius 1 is 1.00 bits per heavy atom. The fraction of sp³-hybridized carbons (Fsp3) is 0.158. The van der Waals surface area contributed by atoms with E-state index < -0.39 is 0 Å². The minimum atomic E-state index is -0.0492. The third kappa shape index (κ3) is 2.52. The number of anilines is 1. The quantitative estimate of drug-likeness (QED) is 0.682. The molecule has 1 aliphatic rings. The van der Waals surface area contributed by atoms with E-state index in [2.05, 4.69) is 11.1 Å². The van der Waals surface area contributed by atoms with Crippen molar-refractivity contribution in [1.29, 1.82) is 0 Å². The molecule has 0 fully saturated rings. The summed E-state index contributed by atoms with van der Waals surface area (Å²) in [6.07, 6.45) is 5.42. The van der Waals surface area contributed by atoms with Gasteiger partial charge in [0.25, 0.3) is 0 Å². The standard InChI is InChI=1S/C19H17N3O/c23-19(22-12-6-10-16-9-4-5-11-18(16)22)21-13-17(20-14-21)15-7-2-1-3-8-15/h1-5,7-9,11,13-14H,6,10,12H2. The van der Waals surface area contributed by atoms with Gasteiger partial charge < -0.3 is 0 Å². The molecule has 3 aromatic rings. The van der Waals surface area contributed by atoms with Gasteiger partial charge in [-0.15, -0.1) is 0 Å². The normalized spacial score (nSPS) is 13.7. The summed E-state index contributed by atoms with van der Waals surface area (Å²) in [6.45, 7) is 0.745. The fourth-order valence-electron chi connectivity index (χ4n) is 3.06. The maximum atomic E-state index is 12.9. The second-order valence-electron chi connectivity index (χ2n) is 5.70. The number of fused-ring (bicyclic) bond motifs is 1. The molecule has 0 bridgehead atoms. The van der Waals surface area contributed by atoms with Gasteiger partial charge in [-0.05, 0) is 24.5 Å². The number of rotatable bonds is 1. The number of imidazole rings is 1. The summed E-state index contributed by atoms with van der Waals surface area (Å²) in [5.41, 5.74) is 4.07. The van der Waals surface area contributed by atoms with Crippen LogP contribution in [-0.2, 0) is 6.42 Å². The van der Waals surface area contributed by atoms with Crippen molar-refractivity contribution in [2.75, 3.05) is 11.4 Å². The smallest absolute Gasteiger partial charge is 0.293 e.